The number of para-hydroxylation sites is 4. The van der Waals surface area contributed by atoms with Gasteiger partial charge in [0.2, 0.25) is 0 Å². The van der Waals surface area contributed by atoms with Gasteiger partial charge in [-0.1, -0.05) is 24.3 Å². The number of esters is 1. The summed E-state index contributed by atoms with van der Waals surface area (Å²) in [5.41, 5.74) is 0. The van der Waals surface area contributed by atoms with Crippen LogP contribution in [0.25, 0.3) is 0 Å². The lowest BCUT2D eigenvalue weighted by Gasteiger charge is -2.22. The van der Waals surface area contributed by atoms with E-state index in [1.807, 2.05) is 0 Å². The second kappa shape index (κ2) is 10.6. The van der Waals surface area contributed by atoms with Crippen LogP contribution in [0.5, 0.6) is 23.0 Å². The number of carbonyl (C=O) groups is 1. The predicted octanol–water partition coefficient (Wildman–Crippen LogP) is 3.46. The van der Waals surface area contributed by atoms with Gasteiger partial charge >= 0.3 is 13.6 Å². The fourth-order valence-electron chi connectivity index (χ4n) is 2.28. The average molecular weight is 409 g/mol. The van der Waals surface area contributed by atoms with E-state index in [4.69, 9.17) is 23.3 Å². The molecular weight excluding hydrogens is 385 g/mol. The molecule has 2 aromatic carbocycles. The quantitative estimate of drug-likeness (QED) is 0.446. The van der Waals surface area contributed by atoms with Gasteiger partial charge < -0.3 is 23.3 Å². The molecule has 0 radical (unpaired) electrons. The van der Waals surface area contributed by atoms with Crippen LogP contribution >= 0.6 is 7.60 Å². The summed E-state index contributed by atoms with van der Waals surface area (Å²) in [5, 5.41) is 2.76. The molecule has 28 heavy (non-hydrogen) atoms. The zero-order valence-electron chi connectivity index (χ0n) is 16.0. The van der Waals surface area contributed by atoms with Crippen molar-refractivity contribution in [1.29, 1.82) is 0 Å². The van der Waals surface area contributed by atoms with Crippen molar-refractivity contribution in [3.63, 3.8) is 0 Å². The summed E-state index contributed by atoms with van der Waals surface area (Å²) >= 11 is 0. The molecule has 0 saturated carbocycles. The largest absolute Gasteiger partial charge is 0.493 e. The fourth-order valence-corrected chi connectivity index (χ4v) is 3.73. The zero-order valence-corrected chi connectivity index (χ0v) is 16.9. The van der Waals surface area contributed by atoms with Crippen molar-refractivity contribution in [2.75, 3.05) is 33.7 Å². The Hall–Kier alpha value is -2.70. The van der Waals surface area contributed by atoms with Crippen molar-refractivity contribution >= 4 is 13.6 Å². The van der Waals surface area contributed by atoms with Crippen LogP contribution in [0.1, 0.15) is 6.92 Å². The topological polar surface area (TPSA) is 92.3 Å². The van der Waals surface area contributed by atoms with Crippen molar-refractivity contribution in [3.05, 3.63) is 48.5 Å². The maximum Gasteiger partial charge on any atom is 0.444 e. The Labute approximate surface area is 164 Å². The minimum Gasteiger partial charge on any atom is -0.493 e. The van der Waals surface area contributed by atoms with Gasteiger partial charge in [-0.25, -0.2) is 4.57 Å². The van der Waals surface area contributed by atoms with E-state index >= 15 is 0 Å². The fraction of sp³-hybridized carbons (Fsp3) is 0.316. The van der Waals surface area contributed by atoms with Crippen LogP contribution in [0.3, 0.4) is 0 Å². The first-order chi connectivity index (χ1) is 13.5. The van der Waals surface area contributed by atoms with E-state index in [1.165, 1.54) is 14.2 Å². The summed E-state index contributed by atoms with van der Waals surface area (Å²) in [6, 6.07) is 13.5. The summed E-state index contributed by atoms with van der Waals surface area (Å²) in [5.74, 6) is 0.833. The number of nitrogens with one attached hydrogen (secondary N) is 1. The van der Waals surface area contributed by atoms with Crippen molar-refractivity contribution < 1.29 is 32.6 Å². The molecular formula is C19H24NO7P. The van der Waals surface area contributed by atoms with Crippen LogP contribution in [0.2, 0.25) is 0 Å². The summed E-state index contributed by atoms with van der Waals surface area (Å²) < 4.78 is 40.2. The smallest absolute Gasteiger partial charge is 0.444 e. The highest BCUT2D eigenvalue weighted by Gasteiger charge is 2.30. The Kier molecular flexibility index (Phi) is 8.17. The molecule has 0 aromatic heterocycles. The van der Waals surface area contributed by atoms with Gasteiger partial charge in [-0.15, -0.1) is 0 Å². The van der Waals surface area contributed by atoms with Crippen molar-refractivity contribution in [1.82, 2.24) is 5.32 Å². The molecule has 0 bridgehead atoms. The van der Waals surface area contributed by atoms with E-state index in [2.05, 4.69) is 5.32 Å². The normalized spacial score (nSPS) is 10.8. The van der Waals surface area contributed by atoms with Gasteiger partial charge in [0.25, 0.3) is 0 Å². The molecule has 0 aliphatic carbocycles. The monoisotopic (exact) mass is 409 g/mol. The Morgan fingerprint density at radius 3 is 1.79 bits per heavy atom. The van der Waals surface area contributed by atoms with Crippen molar-refractivity contribution in [2.45, 2.75) is 6.92 Å². The molecule has 1 N–H and O–H groups in total. The Morgan fingerprint density at radius 1 is 0.893 bits per heavy atom. The SMILES string of the molecule is CCOC(=O)CNCP(=O)(Oc1ccccc1OC)Oc1ccccc1OC. The van der Waals surface area contributed by atoms with Crippen LogP contribution < -0.4 is 23.8 Å². The number of methoxy groups -OCH3 is 2. The number of hydrogen-bond acceptors (Lipinski definition) is 8. The third-order valence-corrected chi connectivity index (χ3v) is 5.05. The van der Waals surface area contributed by atoms with Crippen LogP contribution in [-0.2, 0) is 14.1 Å². The van der Waals surface area contributed by atoms with Crippen LogP contribution in [0.15, 0.2) is 48.5 Å². The average Bonchev–Trinajstić information content (AvgIpc) is 2.69. The van der Waals surface area contributed by atoms with Crippen molar-refractivity contribution in [2.24, 2.45) is 0 Å². The lowest BCUT2D eigenvalue weighted by molar-refractivity contribution is -0.141. The van der Waals surface area contributed by atoms with Gasteiger partial charge in [-0.2, -0.15) is 0 Å². The molecule has 2 aromatic rings. The highest BCUT2D eigenvalue weighted by molar-refractivity contribution is 7.54. The molecule has 0 amide bonds. The summed E-state index contributed by atoms with van der Waals surface area (Å²) in [7, 11) is -0.839. The van der Waals surface area contributed by atoms with Crippen LogP contribution in [-0.4, -0.2) is 39.6 Å². The van der Waals surface area contributed by atoms with Gasteiger partial charge in [0.1, 0.15) is 6.29 Å². The minimum absolute atomic E-state index is 0.137. The molecule has 0 saturated heterocycles. The number of ether oxygens (including phenoxy) is 3. The van der Waals surface area contributed by atoms with E-state index in [9.17, 15) is 9.36 Å². The molecule has 2 rings (SSSR count). The Balaban J connectivity index is 2.23. The molecule has 9 heteroatoms. The van der Waals surface area contributed by atoms with Gasteiger partial charge in [0.15, 0.2) is 23.0 Å². The molecule has 0 aliphatic rings. The highest BCUT2D eigenvalue weighted by Crippen LogP contribution is 2.51. The lowest BCUT2D eigenvalue weighted by Crippen LogP contribution is -2.27. The standard InChI is InChI=1S/C19H24NO7P/c1-4-25-19(21)13-20-14-28(22,26-17-11-7-5-9-15(17)23-2)27-18-12-8-6-10-16(18)24-3/h5-12,20H,4,13-14H2,1-3H3. The summed E-state index contributed by atoms with van der Waals surface area (Å²) in [4.78, 5) is 11.6. The number of hydrogen-bond donors (Lipinski definition) is 1. The molecule has 152 valence electrons. The molecule has 0 heterocycles. The number of benzene rings is 2. The van der Waals surface area contributed by atoms with E-state index < -0.39 is 13.6 Å². The highest BCUT2D eigenvalue weighted by atomic mass is 31.2. The second-order valence-electron chi connectivity index (χ2n) is 5.49. The van der Waals surface area contributed by atoms with Gasteiger partial charge in [-0.05, 0) is 31.2 Å². The number of rotatable bonds is 11. The maximum atomic E-state index is 13.5. The van der Waals surface area contributed by atoms with Gasteiger partial charge in [0.05, 0.1) is 27.4 Å². The van der Waals surface area contributed by atoms with Crippen LogP contribution in [0, 0.1) is 0 Å². The molecule has 0 spiro atoms. The molecule has 0 fully saturated rings. The predicted molar refractivity (Wildman–Crippen MR) is 104 cm³/mol. The van der Waals surface area contributed by atoms with Gasteiger partial charge in [-0.3, -0.25) is 10.1 Å². The minimum atomic E-state index is -3.80. The van der Waals surface area contributed by atoms with E-state index in [0.717, 1.165) is 0 Å². The first-order valence-electron chi connectivity index (χ1n) is 8.62. The van der Waals surface area contributed by atoms with Crippen molar-refractivity contribution in [3.8, 4) is 23.0 Å². The van der Waals surface area contributed by atoms with Crippen LogP contribution in [0.4, 0.5) is 0 Å². The molecule has 0 atom stereocenters. The maximum absolute atomic E-state index is 13.5. The molecule has 8 nitrogen and oxygen atoms in total. The Morgan fingerprint density at radius 2 is 1.36 bits per heavy atom. The first kappa shape index (κ1) is 21.6. The summed E-state index contributed by atoms with van der Waals surface area (Å²) in [6.07, 6.45) is -0.234. The third-order valence-electron chi connectivity index (χ3n) is 3.49. The number of carbonyl (C=O) groups excluding carboxylic acids is 1. The Bertz CT molecular complexity index is 774. The van der Waals surface area contributed by atoms with E-state index in [-0.39, 0.29) is 30.9 Å². The van der Waals surface area contributed by atoms with Gasteiger partial charge in [0, 0.05) is 0 Å². The summed E-state index contributed by atoms with van der Waals surface area (Å²) in [6.45, 7) is 1.83. The molecule has 0 aliphatic heterocycles. The second-order valence-corrected chi connectivity index (χ2v) is 7.39. The lowest BCUT2D eigenvalue weighted by atomic mass is 10.3. The third kappa shape index (κ3) is 6.18. The van der Waals surface area contributed by atoms with E-state index in [1.54, 1.807) is 55.5 Å². The molecule has 0 unspecified atom stereocenters. The van der Waals surface area contributed by atoms with E-state index in [0.29, 0.717) is 11.5 Å². The first-order valence-corrected chi connectivity index (χ1v) is 10.3. The zero-order chi connectivity index (χ0) is 20.4.